The molecule has 0 radical (unpaired) electrons. The molecular weight excluding hydrogens is 392 g/mol. The molecule has 31 heavy (non-hydrogen) atoms. The second-order valence-corrected chi connectivity index (χ2v) is 7.94. The molecule has 1 amide bonds. The van der Waals surface area contributed by atoms with E-state index in [2.05, 4.69) is 21.7 Å². The van der Waals surface area contributed by atoms with Gasteiger partial charge < -0.3 is 9.64 Å². The van der Waals surface area contributed by atoms with E-state index in [-0.39, 0.29) is 11.5 Å². The van der Waals surface area contributed by atoms with Gasteiger partial charge in [0.15, 0.2) is 0 Å². The Morgan fingerprint density at radius 2 is 1.97 bits per heavy atom. The Morgan fingerprint density at radius 3 is 2.61 bits per heavy atom. The number of rotatable bonds is 7. The lowest BCUT2D eigenvalue weighted by Crippen LogP contribution is -2.49. The summed E-state index contributed by atoms with van der Waals surface area (Å²) in [6.45, 7) is 10.7. The Hall–Kier alpha value is -3.03. The zero-order valence-electron chi connectivity index (χ0n) is 17.8. The molecule has 1 aromatic carbocycles. The second-order valence-electron chi connectivity index (χ2n) is 7.94. The number of amides is 1. The van der Waals surface area contributed by atoms with Crippen LogP contribution in [-0.4, -0.2) is 71.3 Å². The quantitative estimate of drug-likeness (QED) is 0.421. The zero-order valence-corrected chi connectivity index (χ0v) is 17.8. The van der Waals surface area contributed by atoms with Gasteiger partial charge in [0.05, 0.1) is 23.8 Å². The molecular formula is C24H28N4O3. The first kappa shape index (κ1) is 21.2. The van der Waals surface area contributed by atoms with E-state index < -0.39 is 0 Å². The normalized spacial score (nSPS) is 20.2. The number of nitrogens with one attached hydrogen (secondary N) is 1. The van der Waals surface area contributed by atoms with Gasteiger partial charge in [-0.05, 0) is 24.6 Å². The van der Waals surface area contributed by atoms with E-state index in [0.717, 1.165) is 42.9 Å². The number of nitrogens with zero attached hydrogens (tertiary/aromatic N) is 3. The van der Waals surface area contributed by atoms with Crippen molar-refractivity contribution in [1.29, 1.82) is 0 Å². The van der Waals surface area contributed by atoms with Crippen molar-refractivity contribution >= 4 is 16.7 Å². The van der Waals surface area contributed by atoms with Crippen LogP contribution in [0.2, 0.25) is 0 Å². The van der Waals surface area contributed by atoms with Crippen LogP contribution in [0.5, 0.6) is 0 Å². The highest BCUT2D eigenvalue weighted by Gasteiger charge is 2.29. The van der Waals surface area contributed by atoms with Crippen LogP contribution in [0.15, 0.2) is 65.0 Å². The Balaban J connectivity index is 1.47. The van der Waals surface area contributed by atoms with Crippen LogP contribution in [0.4, 0.5) is 0 Å². The molecule has 2 aliphatic heterocycles. The van der Waals surface area contributed by atoms with Crippen LogP contribution in [0.25, 0.3) is 10.8 Å². The standard InChI is InChI=1S/C24H28N4O3/c1-3-17(14-22-20-7-5-6-8-21(20)23(29)26-25-22)13-18(4-2)24(30)28-11-9-27(10-12-28)15-19-16-31-19/h3-8,13,19H,2,9-12,14-16H2,1H3,(H,26,29)/b17-3+,18-13+. The maximum atomic E-state index is 13.1. The molecule has 7 heteroatoms. The number of aromatic nitrogens is 2. The number of carbonyl (C=O) groups is 1. The number of piperazine rings is 1. The van der Waals surface area contributed by atoms with E-state index in [1.54, 1.807) is 12.1 Å². The van der Waals surface area contributed by atoms with Crippen LogP contribution in [0.1, 0.15) is 12.6 Å². The fraction of sp³-hybridized carbons (Fsp3) is 0.375. The highest BCUT2D eigenvalue weighted by Crippen LogP contribution is 2.19. The number of carbonyl (C=O) groups excluding carboxylic acids is 1. The number of aromatic amines is 1. The minimum Gasteiger partial charge on any atom is -0.372 e. The summed E-state index contributed by atoms with van der Waals surface area (Å²) in [6.07, 6.45) is 6.34. The summed E-state index contributed by atoms with van der Waals surface area (Å²) in [7, 11) is 0. The summed E-state index contributed by atoms with van der Waals surface area (Å²) < 4.78 is 5.30. The number of ether oxygens (including phenoxy) is 1. The Kier molecular flexibility index (Phi) is 6.44. The summed E-state index contributed by atoms with van der Waals surface area (Å²) in [6, 6.07) is 7.42. The van der Waals surface area contributed by atoms with Crippen molar-refractivity contribution in [1.82, 2.24) is 20.0 Å². The summed E-state index contributed by atoms with van der Waals surface area (Å²) in [4.78, 5) is 29.4. The van der Waals surface area contributed by atoms with E-state index in [0.29, 0.717) is 36.6 Å². The molecule has 1 atom stereocenters. The average molecular weight is 421 g/mol. The maximum absolute atomic E-state index is 13.1. The van der Waals surface area contributed by atoms with Crippen molar-refractivity contribution in [2.75, 3.05) is 39.3 Å². The Labute approximate surface area is 181 Å². The molecule has 7 nitrogen and oxygen atoms in total. The predicted molar refractivity (Wildman–Crippen MR) is 121 cm³/mol. The number of H-pyrrole nitrogens is 1. The summed E-state index contributed by atoms with van der Waals surface area (Å²) in [5.74, 6) is -0.00374. The first-order valence-electron chi connectivity index (χ1n) is 10.7. The number of hydrogen-bond acceptors (Lipinski definition) is 5. The second kappa shape index (κ2) is 9.41. The third kappa shape index (κ3) is 5.00. The predicted octanol–water partition coefficient (Wildman–Crippen LogP) is 2.07. The van der Waals surface area contributed by atoms with Gasteiger partial charge in [0.1, 0.15) is 0 Å². The Morgan fingerprint density at radius 1 is 1.26 bits per heavy atom. The maximum Gasteiger partial charge on any atom is 0.272 e. The van der Waals surface area contributed by atoms with Crippen LogP contribution in [0, 0.1) is 0 Å². The Bertz CT molecular complexity index is 1090. The minimum absolute atomic E-state index is 0.00374. The molecule has 2 aliphatic rings. The van der Waals surface area contributed by atoms with Crippen LogP contribution >= 0.6 is 0 Å². The largest absolute Gasteiger partial charge is 0.372 e. The smallest absolute Gasteiger partial charge is 0.272 e. The van der Waals surface area contributed by atoms with Crippen LogP contribution in [0.3, 0.4) is 0 Å². The first-order valence-corrected chi connectivity index (χ1v) is 10.7. The highest BCUT2D eigenvalue weighted by atomic mass is 16.6. The zero-order chi connectivity index (χ0) is 21.8. The van der Waals surface area contributed by atoms with Gasteiger partial charge in [0.2, 0.25) is 0 Å². The topological polar surface area (TPSA) is 81.8 Å². The van der Waals surface area contributed by atoms with Gasteiger partial charge in [-0.3, -0.25) is 14.5 Å². The van der Waals surface area contributed by atoms with Crippen LogP contribution < -0.4 is 5.56 Å². The third-order valence-corrected chi connectivity index (χ3v) is 5.85. The molecule has 1 N–H and O–H groups in total. The average Bonchev–Trinajstić information content (AvgIpc) is 3.62. The fourth-order valence-electron chi connectivity index (χ4n) is 3.92. The molecule has 2 saturated heterocycles. The van der Waals surface area contributed by atoms with Crippen molar-refractivity contribution in [3.63, 3.8) is 0 Å². The fourth-order valence-corrected chi connectivity index (χ4v) is 3.92. The molecule has 0 bridgehead atoms. The highest BCUT2D eigenvalue weighted by molar-refractivity contribution is 5.96. The lowest BCUT2D eigenvalue weighted by molar-refractivity contribution is -0.128. The van der Waals surface area contributed by atoms with Crippen molar-refractivity contribution in [3.05, 3.63) is 76.3 Å². The number of fused-ring (bicyclic) bond motifs is 1. The summed E-state index contributed by atoms with van der Waals surface area (Å²) in [5.41, 5.74) is 2.08. The molecule has 4 rings (SSSR count). The van der Waals surface area contributed by atoms with Gasteiger partial charge in [-0.2, -0.15) is 5.10 Å². The molecule has 2 fully saturated rings. The molecule has 2 aromatic rings. The van der Waals surface area contributed by atoms with Gasteiger partial charge in [0.25, 0.3) is 11.5 Å². The lowest BCUT2D eigenvalue weighted by atomic mass is 10.0. The number of epoxide rings is 1. The van der Waals surface area contributed by atoms with Gasteiger partial charge in [-0.25, -0.2) is 5.10 Å². The van der Waals surface area contributed by atoms with Gasteiger partial charge in [-0.15, -0.1) is 0 Å². The number of allylic oxidation sites excluding steroid dienone is 3. The van der Waals surface area contributed by atoms with Gasteiger partial charge in [0, 0.05) is 50.1 Å². The molecule has 0 aliphatic carbocycles. The van der Waals surface area contributed by atoms with Crippen molar-refractivity contribution in [3.8, 4) is 0 Å². The summed E-state index contributed by atoms with van der Waals surface area (Å²) in [5, 5.41) is 8.26. The minimum atomic E-state index is -0.203. The SMILES string of the molecule is C=C/C(=C\C(=C/C)Cc1n[nH]c(=O)c2ccccc12)C(=O)N1CCN(CC2CO2)CC1. The van der Waals surface area contributed by atoms with Crippen LogP contribution in [-0.2, 0) is 16.0 Å². The molecule has 0 saturated carbocycles. The molecule has 0 spiro atoms. The van der Waals surface area contributed by atoms with E-state index >= 15 is 0 Å². The van der Waals surface area contributed by atoms with Gasteiger partial charge in [-0.1, -0.05) is 36.9 Å². The number of hydrogen-bond donors (Lipinski definition) is 1. The molecule has 1 aromatic heterocycles. The number of benzene rings is 1. The van der Waals surface area contributed by atoms with Gasteiger partial charge >= 0.3 is 0 Å². The monoisotopic (exact) mass is 420 g/mol. The van der Waals surface area contributed by atoms with E-state index in [4.69, 9.17) is 4.74 Å². The molecule has 162 valence electrons. The van der Waals surface area contributed by atoms with E-state index in [9.17, 15) is 9.59 Å². The van der Waals surface area contributed by atoms with Crippen molar-refractivity contribution in [2.45, 2.75) is 19.4 Å². The molecule has 3 heterocycles. The molecule has 1 unspecified atom stereocenters. The first-order chi connectivity index (χ1) is 15.1. The third-order valence-electron chi connectivity index (χ3n) is 5.85. The van der Waals surface area contributed by atoms with E-state index in [1.807, 2.05) is 42.2 Å². The van der Waals surface area contributed by atoms with Crippen molar-refractivity contribution in [2.24, 2.45) is 0 Å². The summed E-state index contributed by atoms with van der Waals surface area (Å²) >= 11 is 0. The lowest BCUT2D eigenvalue weighted by Gasteiger charge is -2.34. The van der Waals surface area contributed by atoms with E-state index in [1.165, 1.54) is 0 Å². The van der Waals surface area contributed by atoms with Crippen molar-refractivity contribution < 1.29 is 9.53 Å².